The summed E-state index contributed by atoms with van der Waals surface area (Å²) in [4.78, 5) is 8.00. The van der Waals surface area contributed by atoms with Crippen molar-refractivity contribution in [1.82, 2.24) is 0 Å². The first-order valence-corrected chi connectivity index (χ1v) is 5.75. The molecule has 1 aliphatic carbocycles. The van der Waals surface area contributed by atoms with E-state index in [1.165, 1.54) is 25.7 Å². The van der Waals surface area contributed by atoms with Crippen LogP contribution in [0.4, 0.5) is 0 Å². The number of carbonyl (C=O) groups is 1. The van der Waals surface area contributed by atoms with Crippen molar-refractivity contribution in [2.24, 2.45) is 0 Å². The van der Waals surface area contributed by atoms with Gasteiger partial charge in [-0.25, -0.2) is 0 Å². The molecule has 0 heterocycles. The van der Waals surface area contributed by atoms with E-state index in [-0.39, 0.29) is 1.43 Å². The Hall–Kier alpha value is -0.590. The van der Waals surface area contributed by atoms with Gasteiger partial charge in [0.15, 0.2) is 0 Å². The van der Waals surface area contributed by atoms with Crippen molar-refractivity contribution < 1.29 is 6.22 Å². The number of hydrogen-bond donors (Lipinski definition) is 0. The average Bonchev–Trinajstić information content (AvgIpc) is 2.31. The van der Waals surface area contributed by atoms with Crippen LogP contribution >= 0.6 is 0 Å². The molecule has 0 aromatic carbocycles. The van der Waals surface area contributed by atoms with Crippen LogP contribution in [0.2, 0.25) is 0 Å². The zero-order valence-electron chi connectivity index (χ0n) is 10.9. The van der Waals surface area contributed by atoms with Gasteiger partial charge >= 0.3 is 0 Å². The second-order valence-corrected chi connectivity index (χ2v) is 2.77. The molecule has 0 spiro atoms. The van der Waals surface area contributed by atoms with Gasteiger partial charge < -0.3 is 4.79 Å². The molecule has 0 aliphatic heterocycles. The van der Waals surface area contributed by atoms with E-state index in [9.17, 15) is 0 Å². The number of carbonyl (C=O) groups excluding carboxylic acids is 1. The van der Waals surface area contributed by atoms with Crippen molar-refractivity contribution in [3.63, 3.8) is 0 Å². The quantitative estimate of drug-likeness (QED) is 0.505. The molecule has 0 unspecified atom stereocenters. The Morgan fingerprint density at radius 3 is 1.21 bits per heavy atom. The Morgan fingerprint density at radius 2 is 1.07 bits per heavy atom. The predicted molar refractivity (Wildman–Crippen MR) is 68.8 cm³/mol. The van der Waals surface area contributed by atoms with Crippen molar-refractivity contribution in [1.29, 1.82) is 0 Å². The smallest absolute Gasteiger partial charge is 0.106 e. The summed E-state index contributed by atoms with van der Waals surface area (Å²) in [7, 11) is 0. The molecule has 0 amide bonds. The molecule has 1 nitrogen and oxygen atoms in total. The molecule has 0 saturated carbocycles. The summed E-state index contributed by atoms with van der Waals surface area (Å²) in [5, 5.41) is 0. The van der Waals surface area contributed by atoms with Crippen LogP contribution in [0.3, 0.4) is 0 Å². The fraction of sp³-hybridized carbons (Fsp3) is 0.769. The molecule has 1 heteroatoms. The van der Waals surface area contributed by atoms with E-state index in [1.54, 1.807) is 11.1 Å². The lowest BCUT2D eigenvalue weighted by molar-refractivity contribution is -0.0979. The van der Waals surface area contributed by atoms with Gasteiger partial charge in [-0.15, -0.1) is 0 Å². The van der Waals surface area contributed by atoms with Gasteiger partial charge in [-0.3, -0.25) is 0 Å². The van der Waals surface area contributed by atoms with Crippen LogP contribution in [0.15, 0.2) is 11.1 Å². The lowest BCUT2D eigenvalue weighted by Crippen LogP contribution is -1.92. The molecule has 1 rings (SSSR count). The third-order valence-corrected chi connectivity index (χ3v) is 2.08. The fourth-order valence-electron chi connectivity index (χ4n) is 1.21. The van der Waals surface area contributed by atoms with Gasteiger partial charge in [0.1, 0.15) is 6.79 Å². The lowest BCUT2D eigenvalue weighted by atomic mass is 9.94. The summed E-state index contributed by atoms with van der Waals surface area (Å²) in [6.45, 7) is 14.5. The second-order valence-electron chi connectivity index (χ2n) is 2.77. The molecule has 0 N–H and O–H groups in total. The summed E-state index contributed by atoms with van der Waals surface area (Å²) in [6.07, 6.45) is 5.55. The van der Waals surface area contributed by atoms with Crippen LogP contribution in [0, 0.1) is 0 Å². The molecule has 0 saturated heterocycles. The van der Waals surface area contributed by atoms with Crippen molar-refractivity contribution in [3.05, 3.63) is 11.1 Å². The van der Waals surface area contributed by atoms with Crippen molar-refractivity contribution in [3.8, 4) is 0 Å². The average molecular weight is 202 g/mol. The molecule has 1 aliphatic rings. The normalized spacial score (nSPS) is 13.6. The molecular formula is C13H30O. The standard InChI is InChI=1S/C8H14.2C2H6.CH2O.H2/c1-7-5-3-4-6-8(7)2;3*1-2;/h3-6H2,1-2H3;2*1-2H3;1H2;1H. The van der Waals surface area contributed by atoms with Gasteiger partial charge in [-0.05, 0) is 39.5 Å². The van der Waals surface area contributed by atoms with Crippen LogP contribution in [0.5, 0.6) is 0 Å². The molecule has 0 bridgehead atoms. The maximum absolute atomic E-state index is 8.00. The third-order valence-electron chi connectivity index (χ3n) is 2.08. The van der Waals surface area contributed by atoms with Gasteiger partial charge in [0.2, 0.25) is 0 Å². The van der Waals surface area contributed by atoms with Crippen LogP contribution < -0.4 is 0 Å². The summed E-state index contributed by atoms with van der Waals surface area (Å²) in [6, 6.07) is 0. The maximum atomic E-state index is 8.00. The Balaban J connectivity index is -0.0000000755. The Labute approximate surface area is 92.1 Å². The van der Waals surface area contributed by atoms with E-state index in [0.717, 1.165) is 0 Å². The topological polar surface area (TPSA) is 17.1 Å². The minimum Gasteiger partial charge on any atom is -0.307 e. The van der Waals surface area contributed by atoms with Crippen LogP contribution in [0.25, 0.3) is 0 Å². The van der Waals surface area contributed by atoms with Gasteiger partial charge in [-0.1, -0.05) is 38.8 Å². The second kappa shape index (κ2) is 18.2. The van der Waals surface area contributed by atoms with E-state index in [2.05, 4.69) is 13.8 Å². The highest BCUT2D eigenvalue weighted by Gasteiger charge is 2.02. The maximum Gasteiger partial charge on any atom is 0.106 e. The molecule has 0 radical (unpaired) electrons. The highest BCUT2D eigenvalue weighted by atomic mass is 16.1. The summed E-state index contributed by atoms with van der Waals surface area (Å²) >= 11 is 0. The van der Waals surface area contributed by atoms with Crippen molar-refractivity contribution >= 4 is 6.79 Å². The Kier molecular flexibility index (Phi) is 24.8. The Bertz CT molecular complexity index is 116. The van der Waals surface area contributed by atoms with Crippen molar-refractivity contribution in [2.75, 3.05) is 0 Å². The van der Waals surface area contributed by atoms with Crippen LogP contribution in [0.1, 0.15) is 68.7 Å². The van der Waals surface area contributed by atoms with Crippen LogP contribution in [-0.4, -0.2) is 6.79 Å². The molecule has 14 heavy (non-hydrogen) atoms. The minimum absolute atomic E-state index is 0. The molecule has 0 atom stereocenters. The number of hydrogen-bond acceptors (Lipinski definition) is 1. The molecule has 0 aromatic heterocycles. The zero-order chi connectivity index (χ0) is 12.0. The van der Waals surface area contributed by atoms with Gasteiger partial charge in [0.05, 0.1) is 0 Å². The first-order valence-electron chi connectivity index (χ1n) is 5.75. The van der Waals surface area contributed by atoms with E-state index < -0.39 is 0 Å². The van der Waals surface area contributed by atoms with Crippen molar-refractivity contribution in [2.45, 2.75) is 67.2 Å². The largest absolute Gasteiger partial charge is 0.307 e. The zero-order valence-corrected chi connectivity index (χ0v) is 10.9. The minimum atomic E-state index is 0. The number of rotatable bonds is 0. The summed E-state index contributed by atoms with van der Waals surface area (Å²) in [5.74, 6) is 0. The first-order chi connectivity index (χ1) is 6.80. The number of allylic oxidation sites excluding steroid dienone is 2. The monoisotopic (exact) mass is 202 g/mol. The van der Waals surface area contributed by atoms with Gasteiger partial charge in [0.25, 0.3) is 0 Å². The SMILES string of the molecule is C=O.CC.CC.CC1=C(C)CCCC1.[HH]. The molecular weight excluding hydrogens is 172 g/mol. The van der Waals surface area contributed by atoms with Crippen LogP contribution in [-0.2, 0) is 4.79 Å². The molecule has 0 fully saturated rings. The first kappa shape index (κ1) is 19.1. The lowest BCUT2D eigenvalue weighted by Gasteiger charge is -2.12. The summed E-state index contributed by atoms with van der Waals surface area (Å²) in [5.41, 5.74) is 3.27. The summed E-state index contributed by atoms with van der Waals surface area (Å²) < 4.78 is 0. The predicted octanol–water partition coefficient (Wildman–Crippen LogP) is 5.01. The highest BCUT2D eigenvalue weighted by molar-refractivity contribution is 5.11. The fourth-order valence-corrected chi connectivity index (χ4v) is 1.21. The van der Waals surface area contributed by atoms with E-state index in [1.807, 2.05) is 34.5 Å². The third kappa shape index (κ3) is 11.4. The van der Waals surface area contributed by atoms with Gasteiger partial charge in [0, 0.05) is 1.43 Å². The van der Waals surface area contributed by atoms with Gasteiger partial charge in [-0.2, -0.15) is 0 Å². The Morgan fingerprint density at radius 1 is 0.857 bits per heavy atom. The van der Waals surface area contributed by atoms with E-state index >= 15 is 0 Å². The highest BCUT2D eigenvalue weighted by Crippen LogP contribution is 2.22. The molecule has 88 valence electrons. The van der Waals surface area contributed by atoms with E-state index in [0.29, 0.717) is 0 Å². The molecule has 0 aromatic rings. The van der Waals surface area contributed by atoms with E-state index in [4.69, 9.17) is 4.79 Å².